The van der Waals surface area contributed by atoms with Gasteiger partial charge in [-0.05, 0) is 12.0 Å². The van der Waals surface area contributed by atoms with Gasteiger partial charge in [0, 0.05) is 26.1 Å². The number of para-hydroxylation sites is 2. The van der Waals surface area contributed by atoms with E-state index in [9.17, 15) is 19.7 Å². The molecule has 1 aromatic carbocycles. The van der Waals surface area contributed by atoms with Crippen LogP contribution in [0.3, 0.4) is 0 Å². The first-order chi connectivity index (χ1) is 10.8. The Morgan fingerprint density at radius 1 is 1.22 bits per heavy atom. The van der Waals surface area contributed by atoms with Crippen molar-refractivity contribution in [1.82, 2.24) is 10.6 Å². The van der Waals surface area contributed by atoms with Gasteiger partial charge in [-0.1, -0.05) is 26.0 Å². The first-order valence-corrected chi connectivity index (χ1v) is 7.35. The SMILES string of the molecule is CC(=O)N[C@@H](C(=O)NCCNc1ccccc1[N+](=O)[O-])C(C)C. The van der Waals surface area contributed by atoms with Crippen LogP contribution < -0.4 is 16.0 Å². The average molecular weight is 322 g/mol. The highest BCUT2D eigenvalue weighted by molar-refractivity contribution is 5.87. The molecule has 8 nitrogen and oxygen atoms in total. The van der Waals surface area contributed by atoms with Crippen LogP contribution in [0.1, 0.15) is 20.8 Å². The highest BCUT2D eigenvalue weighted by Gasteiger charge is 2.22. The van der Waals surface area contributed by atoms with Crippen molar-refractivity contribution in [3.05, 3.63) is 34.4 Å². The van der Waals surface area contributed by atoms with Crippen molar-refractivity contribution in [3.63, 3.8) is 0 Å². The van der Waals surface area contributed by atoms with Crippen LogP contribution in [-0.2, 0) is 9.59 Å². The Morgan fingerprint density at radius 2 is 1.87 bits per heavy atom. The summed E-state index contributed by atoms with van der Waals surface area (Å²) in [5.41, 5.74) is 0.381. The molecule has 3 N–H and O–H groups in total. The minimum Gasteiger partial charge on any atom is -0.378 e. The Bertz CT molecular complexity index is 574. The van der Waals surface area contributed by atoms with Gasteiger partial charge in [0.1, 0.15) is 11.7 Å². The van der Waals surface area contributed by atoms with Crippen LogP contribution >= 0.6 is 0 Å². The summed E-state index contributed by atoms with van der Waals surface area (Å²) in [5.74, 6) is -0.585. The molecule has 23 heavy (non-hydrogen) atoms. The summed E-state index contributed by atoms with van der Waals surface area (Å²) in [6.45, 7) is 5.66. The molecule has 0 aliphatic rings. The van der Waals surface area contributed by atoms with E-state index in [2.05, 4.69) is 16.0 Å². The summed E-state index contributed by atoms with van der Waals surface area (Å²) in [4.78, 5) is 33.6. The molecular weight excluding hydrogens is 300 g/mol. The number of nitro groups is 1. The standard InChI is InChI=1S/C15H22N4O4/c1-10(2)14(18-11(3)20)15(21)17-9-8-16-12-6-4-5-7-13(12)19(22)23/h4-7,10,14,16H,8-9H2,1-3H3,(H,17,21)(H,18,20)/t14-/m1/s1. The second-order valence-electron chi connectivity index (χ2n) is 5.41. The Balaban J connectivity index is 2.49. The molecule has 0 fully saturated rings. The molecule has 2 amide bonds. The van der Waals surface area contributed by atoms with E-state index in [0.29, 0.717) is 12.2 Å². The van der Waals surface area contributed by atoms with E-state index in [4.69, 9.17) is 0 Å². The number of rotatable bonds is 8. The van der Waals surface area contributed by atoms with Gasteiger partial charge in [0.25, 0.3) is 5.69 Å². The van der Waals surface area contributed by atoms with Gasteiger partial charge in [-0.3, -0.25) is 19.7 Å². The van der Waals surface area contributed by atoms with Crippen LogP contribution in [0, 0.1) is 16.0 Å². The van der Waals surface area contributed by atoms with E-state index in [1.54, 1.807) is 18.2 Å². The number of hydrogen-bond acceptors (Lipinski definition) is 5. The van der Waals surface area contributed by atoms with E-state index < -0.39 is 11.0 Å². The number of nitro benzene ring substituents is 1. The third kappa shape index (κ3) is 5.93. The van der Waals surface area contributed by atoms with E-state index in [1.807, 2.05) is 13.8 Å². The highest BCUT2D eigenvalue weighted by atomic mass is 16.6. The Morgan fingerprint density at radius 3 is 2.43 bits per heavy atom. The maximum atomic E-state index is 12.0. The summed E-state index contributed by atoms with van der Waals surface area (Å²) < 4.78 is 0. The van der Waals surface area contributed by atoms with E-state index in [1.165, 1.54) is 13.0 Å². The number of carbonyl (C=O) groups is 2. The lowest BCUT2D eigenvalue weighted by atomic mass is 10.0. The number of carbonyl (C=O) groups excluding carboxylic acids is 2. The van der Waals surface area contributed by atoms with Gasteiger partial charge in [0.15, 0.2) is 0 Å². The molecular formula is C15H22N4O4. The second-order valence-corrected chi connectivity index (χ2v) is 5.41. The maximum absolute atomic E-state index is 12.0. The quantitative estimate of drug-likeness (QED) is 0.379. The van der Waals surface area contributed by atoms with Crippen molar-refractivity contribution in [3.8, 4) is 0 Å². The Kier molecular flexibility index (Phi) is 6.98. The zero-order valence-corrected chi connectivity index (χ0v) is 13.5. The molecule has 0 aliphatic heterocycles. The molecule has 0 aromatic heterocycles. The van der Waals surface area contributed by atoms with Crippen LogP contribution in [0.2, 0.25) is 0 Å². The number of amides is 2. The molecule has 1 aromatic rings. The number of nitrogens with one attached hydrogen (secondary N) is 3. The minimum atomic E-state index is -0.599. The number of benzene rings is 1. The van der Waals surface area contributed by atoms with Crippen LogP contribution in [0.25, 0.3) is 0 Å². The highest BCUT2D eigenvalue weighted by Crippen LogP contribution is 2.22. The van der Waals surface area contributed by atoms with Crippen LogP contribution in [0.4, 0.5) is 11.4 Å². The largest absolute Gasteiger partial charge is 0.378 e. The summed E-state index contributed by atoms with van der Waals surface area (Å²) in [6.07, 6.45) is 0. The fourth-order valence-electron chi connectivity index (χ4n) is 2.03. The number of anilines is 1. The zero-order valence-electron chi connectivity index (χ0n) is 13.5. The third-order valence-corrected chi connectivity index (χ3v) is 3.15. The number of nitrogens with zero attached hydrogens (tertiary/aromatic N) is 1. The smallest absolute Gasteiger partial charge is 0.292 e. The van der Waals surface area contributed by atoms with Crippen LogP contribution in [0.15, 0.2) is 24.3 Å². The summed E-state index contributed by atoms with van der Waals surface area (Å²) in [7, 11) is 0. The van der Waals surface area contributed by atoms with Gasteiger partial charge in [0.05, 0.1) is 4.92 Å². The van der Waals surface area contributed by atoms with Crippen LogP contribution in [0.5, 0.6) is 0 Å². The van der Waals surface area contributed by atoms with Gasteiger partial charge < -0.3 is 16.0 Å². The van der Waals surface area contributed by atoms with Crippen LogP contribution in [-0.4, -0.2) is 35.9 Å². The molecule has 1 atom stereocenters. The number of hydrogen-bond donors (Lipinski definition) is 3. The molecule has 1 rings (SSSR count). The van der Waals surface area contributed by atoms with Gasteiger partial charge in [-0.15, -0.1) is 0 Å². The monoisotopic (exact) mass is 322 g/mol. The van der Waals surface area contributed by atoms with Crippen molar-refractivity contribution in [1.29, 1.82) is 0 Å². The molecule has 0 aliphatic carbocycles. The molecule has 8 heteroatoms. The topological polar surface area (TPSA) is 113 Å². The zero-order chi connectivity index (χ0) is 17.4. The third-order valence-electron chi connectivity index (χ3n) is 3.15. The van der Waals surface area contributed by atoms with Gasteiger partial charge in [0.2, 0.25) is 11.8 Å². The van der Waals surface area contributed by atoms with Gasteiger partial charge in [-0.25, -0.2) is 0 Å². The van der Waals surface area contributed by atoms with Crippen molar-refractivity contribution < 1.29 is 14.5 Å². The van der Waals surface area contributed by atoms with Gasteiger partial charge in [-0.2, -0.15) is 0 Å². The molecule has 0 bridgehead atoms. The molecule has 0 spiro atoms. The molecule has 126 valence electrons. The van der Waals surface area contributed by atoms with Crippen molar-refractivity contribution in [2.75, 3.05) is 18.4 Å². The first kappa shape index (κ1) is 18.4. The lowest BCUT2D eigenvalue weighted by molar-refractivity contribution is -0.384. The van der Waals surface area contributed by atoms with Crippen molar-refractivity contribution in [2.24, 2.45) is 5.92 Å². The predicted molar refractivity (Wildman–Crippen MR) is 87.0 cm³/mol. The molecule has 0 saturated carbocycles. The first-order valence-electron chi connectivity index (χ1n) is 7.35. The summed E-state index contributed by atoms with van der Waals surface area (Å²) >= 11 is 0. The van der Waals surface area contributed by atoms with E-state index >= 15 is 0 Å². The summed E-state index contributed by atoms with van der Waals surface area (Å²) in [5, 5.41) is 19.1. The molecule has 0 unspecified atom stereocenters. The normalized spacial score (nSPS) is 11.7. The van der Waals surface area contributed by atoms with Crippen molar-refractivity contribution >= 4 is 23.2 Å². The van der Waals surface area contributed by atoms with Gasteiger partial charge >= 0.3 is 0 Å². The predicted octanol–water partition coefficient (Wildman–Crippen LogP) is 1.28. The molecule has 0 saturated heterocycles. The lowest BCUT2D eigenvalue weighted by Crippen LogP contribution is -2.49. The van der Waals surface area contributed by atoms with E-state index in [0.717, 1.165) is 0 Å². The molecule has 0 heterocycles. The average Bonchev–Trinajstić information content (AvgIpc) is 2.48. The summed E-state index contributed by atoms with van der Waals surface area (Å²) in [6, 6.07) is 5.70. The minimum absolute atomic E-state index is 0.0165. The second kappa shape index (κ2) is 8.72. The fraction of sp³-hybridized carbons (Fsp3) is 0.467. The van der Waals surface area contributed by atoms with Crippen molar-refractivity contribution in [2.45, 2.75) is 26.8 Å². The maximum Gasteiger partial charge on any atom is 0.292 e. The Hall–Kier alpha value is -2.64. The fourth-order valence-corrected chi connectivity index (χ4v) is 2.03. The lowest BCUT2D eigenvalue weighted by Gasteiger charge is -2.21. The molecule has 0 radical (unpaired) electrons. The van der Waals surface area contributed by atoms with E-state index in [-0.39, 0.29) is 30.0 Å². The Labute approximate surface area is 134 Å².